The second-order valence-electron chi connectivity index (χ2n) is 28.1. The van der Waals surface area contributed by atoms with Crippen molar-refractivity contribution in [2.24, 2.45) is 22.7 Å². The van der Waals surface area contributed by atoms with E-state index in [1.165, 1.54) is 18.2 Å². The van der Waals surface area contributed by atoms with Gasteiger partial charge in [-0.05, 0) is 125 Å². The summed E-state index contributed by atoms with van der Waals surface area (Å²) in [5, 5.41) is 17.4. The number of aliphatic hydroxyl groups excluding tert-OH is 1. The number of aliphatic hydroxyl groups is 1. The van der Waals surface area contributed by atoms with Crippen molar-refractivity contribution in [2.75, 3.05) is 177 Å². The predicted molar refractivity (Wildman–Crippen MR) is 364 cm³/mol. The van der Waals surface area contributed by atoms with Gasteiger partial charge in [0.1, 0.15) is 23.3 Å². The molecule has 24 nitrogen and oxygen atoms in total. The van der Waals surface area contributed by atoms with Crippen LogP contribution in [0, 0.1) is 22.7 Å². The summed E-state index contributed by atoms with van der Waals surface area (Å²) in [4.78, 5) is 51.8. The van der Waals surface area contributed by atoms with Gasteiger partial charge >= 0.3 is 6.09 Å². The van der Waals surface area contributed by atoms with Crippen LogP contribution in [0.2, 0.25) is 18.1 Å². The van der Waals surface area contributed by atoms with Gasteiger partial charge in [0.05, 0.1) is 184 Å². The van der Waals surface area contributed by atoms with Crippen molar-refractivity contribution < 1.29 is 113 Å². The summed E-state index contributed by atoms with van der Waals surface area (Å²) in [5.41, 5.74) is -6.10. The lowest BCUT2D eigenvalue weighted by Gasteiger charge is -2.63. The molecule has 0 bridgehead atoms. The number of carbonyl (C=O) groups is 4. The number of Topliss-reactive ketones (excluding diaryl/α,β-unsaturated/α-hetero) is 1. The van der Waals surface area contributed by atoms with Gasteiger partial charge in [-0.1, -0.05) is 45.9 Å². The van der Waals surface area contributed by atoms with Crippen molar-refractivity contribution in [3.8, 4) is 11.5 Å². The molecule has 7 rings (SSSR count). The number of hydrogen-bond acceptors (Lipinski definition) is 22. The molecule has 0 aromatic heterocycles. The number of halogens is 2. The van der Waals surface area contributed by atoms with Gasteiger partial charge in [-0.3, -0.25) is 14.4 Å². The zero-order valence-corrected chi connectivity index (χ0v) is 60.8. The monoisotopic (exact) mass is 1420 g/mol. The van der Waals surface area contributed by atoms with E-state index in [2.05, 4.69) is 44.5 Å². The Balaban J connectivity index is 0.657. The van der Waals surface area contributed by atoms with Crippen LogP contribution in [0.1, 0.15) is 92.9 Å². The number of carbonyl (C=O) groups excluding carboxylic acids is 4. The van der Waals surface area contributed by atoms with Gasteiger partial charge in [-0.2, -0.15) is 0 Å². The Labute approximate surface area is 583 Å². The largest absolute Gasteiger partial charge is 0.457 e. The average molecular weight is 1420 g/mol. The molecule has 3 saturated carbocycles. The molecule has 3 N–H and O–H groups in total. The summed E-state index contributed by atoms with van der Waals surface area (Å²) in [6, 6.07) is 14.0. The highest BCUT2D eigenvalue weighted by molar-refractivity contribution is 6.74. The summed E-state index contributed by atoms with van der Waals surface area (Å²) in [7, 11) is -2.46. The quantitative estimate of drug-likeness (QED) is 0.0411. The summed E-state index contributed by atoms with van der Waals surface area (Å²) >= 11 is 0. The van der Waals surface area contributed by atoms with Crippen LogP contribution >= 0.6 is 0 Å². The number of ether oxygens (including phenoxy) is 16. The lowest BCUT2D eigenvalue weighted by molar-refractivity contribution is -0.235. The maximum Gasteiger partial charge on any atom is 0.407 e. The number of anilines is 1. The molecule has 5 aliphatic rings. The zero-order chi connectivity index (χ0) is 71.6. The highest BCUT2D eigenvalue weighted by atomic mass is 28.4. The Kier molecular flexibility index (Phi) is 32.3. The topological polar surface area (TPSA) is 269 Å². The van der Waals surface area contributed by atoms with Crippen molar-refractivity contribution in [1.29, 1.82) is 0 Å². The zero-order valence-electron chi connectivity index (χ0n) is 59.8. The standard InChI is InChI=1S/C72H110F2N2O22Si/c1-67(2,3)98-66(81)75-22-24-83-26-28-85-30-32-87-34-36-89-38-40-91-42-44-93-46-45-92-43-41-90-39-37-88-35-33-86-31-29-84-27-25-82-23-20-64(80)76-53-13-17-56(18-14-53)95-55-15-11-52(12-16-55)65-96-63-49-57-58-48-60(73)59-47-54(77)19-21-69(59,7)71(58,74)61(78)50-70(57,8)72(63,97-65)62(79)51-94-99(9,10)68(4,5)6/h11-19,21,47,57-58,60-61,63,65,78H,20,22-46,48-51H2,1-10H3,(H,75,81)(H,76,80)/t57-,58-,60-,61-,63+,65+,69-,70-,71-,72+/m0/s1. The number of rotatable bonds is 47. The number of nitrogens with one attached hydrogen (secondary N) is 2. The molecule has 1 aliphatic heterocycles. The summed E-state index contributed by atoms with van der Waals surface area (Å²) in [6.07, 6.45) is -1.89. The number of fused-ring (bicyclic) bond motifs is 7. The molecule has 0 radical (unpaired) electrons. The minimum absolute atomic E-state index is 0.0308. The Morgan fingerprint density at radius 3 is 1.53 bits per heavy atom. The molecule has 0 unspecified atom stereocenters. The lowest BCUT2D eigenvalue weighted by atomic mass is 9.44. The highest BCUT2D eigenvalue weighted by Gasteiger charge is 2.80. The maximum absolute atomic E-state index is 18.1. The van der Waals surface area contributed by atoms with Crippen LogP contribution in [0.15, 0.2) is 72.3 Å². The third-order valence-electron chi connectivity index (χ3n) is 19.2. The number of alkyl carbamates (subject to hydrolysis) is 1. The van der Waals surface area contributed by atoms with Gasteiger partial charge in [0.25, 0.3) is 0 Å². The SMILES string of the molecule is CC(C)(C)OC(=O)NCCOCCOCCOCCOCCOCCOCCOCCOCCOCCOCCOCCOCCC(=O)Nc1ccc(Oc2ccc([C@@H]3O[C@@H]4C[C@H]5[C@@H]6C[C@H](F)C7=CC(=O)C=C[C@]7(C)[C@@]6(F)[C@@H](O)C[C@]5(C)[C@]4(C(=O)CO[Si](C)(C)C(C)(C)C)O3)cc2)cc1. The van der Waals surface area contributed by atoms with Crippen LogP contribution in [0.4, 0.5) is 19.3 Å². The number of alkyl halides is 2. The fourth-order valence-corrected chi connectivity index (χ4v) is 14.0. The fraction of sp³-hybridized carbons (Fsp3) is 0.722. The molecular formula is C72H110F2N2O22Si. The first-order valence-electron chi connectivity index (χ1n) is 34.8. The Morgan fingerprint density at radius 2 is 1.07 bits per heavy atom. The second-order valence-corrected chi connectivity index (χ2v) is 33.0. The molecule has 0 spiro atoms. The van der Waals surface area contributed by atoms with E-state index in [9.17, 15) is 19.5 Å². The maximum atomic E-state index is 18.1. The molecule has 10 atom stereocenters. The van der Waals surface area contributed by atoms with E-state index in [0.29, 0.717) is 181 Å². The number of benzene rings is 2. The van der Waals surface area contributed by atoms with E-state index in [1.54, 1.807) is 55.5 Å². The number of allylic oxidation sites excluding steroid dienone is 4. The Hall–Kier alpha value is -4.76. The van der Waals surface area contributed by atoms with Crippen LogP contribution in [0.5, 0.6) is 11.5 Å². The third-order valence-corrected chi connectivity index (χ3v) is 23.6. The summed E-state index contributed by atoms with van der Waals surface area (Å²) in [6.45, 7) is 29.4. The van der Waals surface area contributed by atoms with Gasteiger partial charge < -0.3 is 96.0 Å². The average Bonchev–Trinajstić information content (AvgIpc) is 1.57. The van der Waals surface area contributed by atoms with Crippen LogP contribution in [-0.2, 0) is 89.9 Å². The number of amides is 2. The van der Waals surface area contributed by atoms with Gasteiger partial charge in [0.2, 0.25) is 5.91 Å². The predicted octanol–water partition coefficient (Wildman–Crippen LogP) is 9.20. The molecule has 4 fully saturated rings. The molecule has 1 saturated heterocycles. The van der Waals surface area contributed by atoms with E-state index < -0.39 is 84.4 Å². The second kappa shape index (κ2) is 39.2. The molecule has 2 aromatic carbocycles. The third kappa shape index (κ3) is 23.1. The van der Waals surface area contributed by atoms with E-state index in [4.69, 9.17) is 80.2 Å². The number of hydrogen-bond donors (Lipinski definition) is 3. The van der Waals surface area contributed by atoms with Crippen molar-refractivity contribution in [3.05, 3.63) is 77.9 Å². The normalized spacial score (nSPS) is 25.7. The first-order chi connectivity index (χ1) is 47.2. The van der Waals surface area contributed by atoms with Crippen LogP contribution in [0.3, 0.4) is 0 Å². The van der Waals surface area contributed by atoms with Crippen LogP contribution in [0.25, 0.3) is 0 Å². The molecule has 2 aromatic rings. The van der Waals surface area contributed by atoms with E-state index in [1.807, 2.05) is 27.7 Å². The summed E-state index contributed by atoms with van der Waals surface area (Å²) in [5.74, 6) is -1.63. The van der Waals surface area contributed by atoms with Gasteiger partial charge in [-0.25, -0.2) is 13.6 Å². The van der Waals surface area contributed by atoms with E-state index in [-0.39, 0.29) is 61.2 Å². The van der Waals surface area contributed by atoms with Gasteiger partial charge in [0.15, 0.2) is 37.4 Å². The van der Waals surface area contributed by atoms with E-state index >= 15 is 13.6 Å². The van der Waals surface area contributed by atoms with Crippen molar-refractivity contribution in [2.45, 2.75) is 141 Å². The number of ketones is 2. The molecule has 2 amide bonds. The van der Waals surface area contributed by atoms with Gasteiger partial charge in [-0.15, -0.1) is 0 Å². The van der Waals surface area contributed by atoms with E-state index in [0.717, 1.165) is 0 Å². The van der Waals surface area contributed by atoms with Crippen molar-refractivity contribution in [3.63, 3.8) is 0 Å². The molecule has 558 valence electrons. The fourth-order valence-electron chi connectivity index (χ4n) is 13.1. The molecular weight excluding hydrogens is 1310 g/mol. The molecule has 99 heavy (non-hydrogen) atoms. The first kappa shape index (κ1) is 81.5. The first-order valence-corrected chi connectivity index (χ1v) is 37.7. The van der Waals surface area contributed by atoms with Crippen molar-refractivity contribution in [1.82, 2.24) is 5.32 Å². The van der Waals surface area contributed by atoms with Crippen LogP contribution < -0.4 is 15.4 Å². The minimum Gasteiger partial charge on any atom is -0.457 e. The highest BCUT2D eigenvalue weighted by Crippen LogP contribution is 2.73. The van der Waals surface area contributed by atoms with Crippen LogP contribution in [-0.4, -0.2) is 244 Å². The molecule has 1 heterocycles. The van der Waals surface area contributed by atoms with Crippen molar-refractivity contribution >= 4 is 37.6 Å². The molecule has 4 aliphatic carbocycles. The molecule has 27 heteroatoms. The smallest absolute Gasteiger partial charge is 0.407 e. The Morgan fingerprint density at radius 1 is 0.626 bits per heavy atom. The summed E-state index contributed by atoms with van der Waals surface area (Å²) < 4.78 is 132. The minimum atomic E-state index is -2.46. The Bertz CT molecular complexity index is 2860. The van der Waals surface area contributed by atoms with Gasteiger partial charge in [0, 0.05) is 34.5 Å². The lowest BCUT2D eigenvalue weighted by Crippen LogP contribution is -2.71.